The van der Waals surface area contributed by atoms with Gasteiger partial charge in [-0.2, -0.15) is 9.40 Å². The molecule has 2 N–H and O–H groups in total. The lowest BCUT2D eigenvalue weighted by atomic mass is 9.79. The minimum Gasteiger partial charge on any atom is -0.395 e. The molecule has 1 spiro atoms. The van der Waals surface area contributed by atoms with Crippen LogP contribution in [-0.2, 0) is 26.2 Å². The van der Waals surface area contributed by atoms with Crippen molar-refractivity contribution in [1.29, 1.82) is 0 Å². The Kier molecular flexibility index (Phi) is 14.4. The van der Waals surface area contributed by atoms with Gasteiger partial charge in [0, 0.05) is 51.0 Å². The second kappa shape index (κ2) is 17.1. The summed E-state index contributed by atoms with van der Waals surface area (Å²) in [6.07, 6.45) is 9.86. The number of hydrogen-bond acceptors (Lipinski definition) is 7. The highest BCUT2D eigenvalue weighted by molar-refractivity contribution is 7.89. The molecule has 1 saturated carbocycles. The zero-order chi connectivity index (χ0) is 33.1. The number of halogens is 2. The minimum atomic E-state index is -3.69. The molecule has 14 heteroatoms. The predicted molar refractivity (Wildman–Crippen MR) is 191 cm³/mol. The molecule has 2 saturated heterocycles. The van der Waals surface area contributed by atoms with Crippen molar-refractivity contribution in [3.63, 3.8) is 0 Å². The molecule has 0 bridgehead atoms. The Morgan fingerprint density at radius 1 is 1.04 bits per heavy atom. The molecule has 11 nitrogen and oxygen atoms in total. The SMILES string of the molecule is CCCCN1C(=O)[C@H](CC2CCCCC2)NC(=O)C12CCN(Cc1c(C)nn(-c3ccc(S(=O)(=O)N(C)CCO)cc3)c1C)CC2.Cl.Cl. The fraction of sp³-hybridized carbons (Fsp3) is 0.676. The van der Waals surface area contributed by atoms with E-state index in [4.69, 9.17) is 10.2 Å². The number of hydrogen-bond donors (Lipinski definition) is 2. The minimum absolute atomic E-state index is 0. The van der Waals surface area contributed by atoms with Crippen molar-refractivity contribution in [2.75, 3.05) is 39.8 Å². The lowest BCUT2D eigenvalue weighted by molar-refractivity contribution is -0.162. The number of aliphatic hydroxyl groups excluding tert-OH is 1. The number of rotatable bonds is 12. The van der Waals surface area contributed by atoms with Gasteiger partial charge in [0.2, 0.25) is 21.8 Å². The maximum absolute atomic E-state index is 13.9. The van der Waals surface area contributed by atoms with E-state index in [0.29, 0.717) is 44.9 Å². The summed E-state index contributed by atoms with van der Waals surface area (Å²) in [5, 5.41) is 17.1. The third kappa shape index (κ3) is 8.21. The van der Waals surface area contributed by atoms with Gasteiger partial charge < -0.3 is 15.3 Å². The number of likely N-dealkylation sites (tertiary alicyclic amines) is 1. The highest BCUT2D eigenvalue weighted by atomic mass is 35.5. The number of nitrogens with one attached hydrogen (secondary N) is 1. The van der Waals surface area contributed by atoms with Gasteiger partial charge in [-0.1, -0.05) is 45.4 Å². The van der Waals surface area contributed by atoms with E-state index in [1.165, 1.54) is 26.3 Å². The van der Waals surface area contributed by atoms with Gasteiger partial charge in [0.05, 0.1) is 22.9 Å². The second-order valence-corrected chi connectivity index (χ2v) is 15.6. The van der Waals surface area contributed by atoms with Crippen LogP contribution in [0.3, 0.4) is 0 Å². The van der Waals surface area contributed by atoms with Crippen molar-refractivity contribution in [2.45, 2.75) is 108 Å². The van der Waals surface area contributed by atoms with E-state index >= 15 is 0 Å². The molecule has 3 fully saturated rings. The van der Waals surface area contributed by atoms with Gasteiger partial charge in [0.15, 0.2) is 0 Å². The first-order valence-electron chi connectivity index (χ1n) is 17.1. The molecule has 1 aromatic carbocycles. The van der Waals surface area contributed by atoms with E-state index in [2.05, 4.69) is 17.1 Å². The molecule has 0 unspecified atom stereocenters. The summed E-state index contributed by atoms with van der Waals surface area (Å²) in [4.78, 5) is 32.2. The van der Waals surface area contributed by atoms with Crippen molar-refractivity contribution in [2.24, 2.45) is 5.92 Å². The monoisotopic (exact) mass is 728 g/mol. The number of piperidine rings is 1. The summed E-state index contributed by atoms with van der Waals surface area (Å²) < 4.78 is 28.5. The van der Waals surface area contributed by atoms with Crippen LogP contribution in [0, 0.1) is 19.8 Å². The number of sulfonamides is 1. The lowest BCUT2D eigenvalue weighted by Crippen LogP contribution is -2.73. The van der Waals surface area contributed by atoms with E-state index in [1.807, 2.05) is 23.4 Å². The van der Waals surface area contributed by atoms with Gasteiger partial charge in [-0.05, 0) is 69.7 Å². The van der Waals surface area contributed by atoms with Crippen LogP contribution >= 0.6 is 24.8 Å². The molecule has 3 heterocycles. The zero-order valence-corrected chi connectivity index (χ0v) is 31.3. The van der Waals surface area contributed by atoms with Crippen LogP contribution in [-0.4, -0.2) is 101 Å². The van der Waals surface area contributed by atoms with Gasteiger partial charge in [-0.25, -0.2) is 13.1 Å². The van der Waals surface area contributed by atoms with Crippen LogP contribution in [0.4, 0.5) is 0 Å². The predicted octanol–water partition coefficient (Wildman–Crippen LogP) is 4.38. The number of aromatic nitrogens is 2. The number of nitrogens with zero attached hydrogens (tertiary/aromatic N) is 5. The molecule has 48 heavy (non-hydrogen) atoms. The number of benzene rings is 1. The molecule has 270 valence electrons. The highest BCUT2D eigenvalue weighted by Crippen LogP contribution is 2.36. The summed E-state index contributed by atoms with van der Waals surface area (Å²) in [6, 6.07) is 6.23. The Morgan fingerprint density at radius 2 is 1.69 bits per heavy atom. The smallest absolute Gasteiger partial charge is 0.246 e. The molecule has 0 radical (unpaired) electrons. The molecule has 1 atom stereocenters. The summed E-state index contributed by atoms with van der Waals surface area (Å²) in [7, 11) is -2.24. The van der Waals surface area contributed by atoms with Gasteiger partial charge in [-0.3, -0.25) is 14.5 Å². The van der Waals surface area contributed by atoms with E-state index in [1.54, 1.807) is 24.3 Å². The summed E-state index contributed by atoms with van der Waals surface area (Å²) in [5.41, 5.74) is 2.96. The van der Waals surface area contributed by atoms with E-state index in [9.17, 15) is 18.0 Å². The molecule has 2 amide bonds. The van der Waals surface area contributed by atoms with Crippen LogP contribution in [0.1, 0.15) is 88.1 Å². The lowest BCUT2D eigenvalue weighted by Gasteiger charge is -2.52. The number of carbonyl (C=O) groups is 2. The van der Waals surface area contributed by atoms with Crippen LogP contribution < -0.4 is 5.32 Å². The van der Waals surface area contributed by atoms with Crippen molar-refractivity contribution in [1.82, 2.24) is 29.2 Å². The zero-order valence-electron chi connectivity index (χ0n) is 28.8. The third-order valence-electron chi connectivity index (χ3n) is 10.5. The number of carbonyl (C=O) groups excluding carboxylic acids is 2. The second-order valence-electron chi connectivity index (χ2n) is 13.5. The molecular formula is C34H54Cl2N6O5S. The van der Waals surface area contributed by atoms with Crippen LogP contribution in [0.25, 0.3) is 5.69 Å². The van der Waals surface area contributed by atoms with Crippen LogP contribution in [0.2, 0.25) is 0 Å². The highest BCUT2D eigenvalue weighted by Gasteiger charge is 2.53. The number of amides is 2. The largest absolute Gasteiger partial charge is 0.395 e. The van der Waals surface area contributed by atoms with E-state index in [-0.39, 0.29) is 54.7 Å². The number of aliphatic hydroxyl groups is 1. The number of unbranched alkanes of at least 4 members (excludes halogenated alkanes) is 1. The topological polar surface area (TPSA) is 128 Å². The molecule has 1 aromatic heterocycles. The van der Waals surface area contributed by atoms with Gasteiger partial charge in [-0.15, -0.1) is 24.8 Å². The van der Waals surface area contributed by atoms with Crippen molar-refractivity contribution in [3.05, 3.63) is 41.2 Å². The van der Waals surface area contributed by atoms with Crippen molar-refractivity contribution in [3.8, 4) is 5.69 Å². The molecule has 1 aliphatic carbocycles. The van der Waals surface area contributed by atoms with Gasteiger partial charge >= 0.3 is 0 Å². The first-order valence-corrected chi connectivity index (χ1v) is 18.5. The average molecular weight is 730 g/mol. The van der Waals surface area contributed by atoms with Gasteiger partial charge in [0.25, 0.3) is 0 Å². The molecular weight excluding hydrogens is 675 g/mol. The standard InChI is InChI=1S/C34H52N6O5S.2ClH/c1-5-6-18-39-32(42)31(23-27-10-8-7-9-11-27)35-33(43)34(39)16-19-38(20-17-34)24-30-25(2)36-40(26(30)3)28-12-14-29(15-13-28)46(44,45)37(4)21-22-41;;/h12-15,27,31,41H,5-11,16-24H2,1-4H3,(H,35,43);2*1H/t31-;;/m0../s1. The Hall–Kier alpha value is -2.22. The Labute approximate surface area is 298 Å². The normalized spacial score (nSPS) is 20.5. The first-order chi connectivity index (χ1) is 22.0. The molecule has 3 aliphatic rings. The molecule has 2 aliphatic heterocycles. The average Bonchev–Trinajstić information content (AvgIpc) is 3.33. The Balaban J connectivity index is 0.00000312. The van der Waals surface area contributed by atoms with Crippen molar-refractivity contribution < 1.29 is 23.1 Å². The van der Waals surface area contributed by atoms with Crippen LogP contribution in [0.5, 0.6) is 0 Å². The number of piperazine rings is 1. The maximum Gasteiger partial charge on any atom is 0.246 e. The van der Waals surface area contributed by atoms with Gasteiger partial charge in [0.1, 0.15) is 11.6 Å². The Bertz CT molecular complexity index is 1490. The molecule has 2 aromatic rings. The number of likely N-dealkylation sites (N-methyl/N-ethyl adjacent to an activating group) is 1. The van der Waals surface area contributed by atoms with E-state index in [0.717, 1.165) is 59.0 Å². The maximum atomic E-state index is 13.9. The quantitative estimate of drug-likeness (QED) is 0.332. The third-order valence-corrected chi connectivity index (χ3v) is 12.4. The number of aryl methyl sites for hydroxylation is 1. The van der Waals surface area contributed by atoms with E-state index < -0.39 is 21.6 Å². The summed E-state index contributed by atoms with van der Waals surface area (Å²) in [6.45, 7) is 8.63. The summed E-state index contributed by atoms with van der Waals surface area (Å²) >= 11 is 0. The van der Waals surface area contributed by atoms with Crippen molar-refractivity contribution >= 4 is 46.7 Å². The Morgan fingerprint density at radius 3 is 2.29 bits per heavy atom. The fourth-order valence-corrected chi connectivity index (χ4v) is 8.75. The summed E-state index contributed by atoms with van der Waals surface area (Å²) in [5.74, 6) is 0.652. The molecule has 5 rings (SSSR count). The van der Waals surface area contributed by atoms with Crippen LogP contribution in [0.15, 0.2) is 29.2 Å². The first kappa shape index (κ1) is 40.2. The fourth-order valence-electron chi connectivity index (χ4n) is 7.59.